The number of carbonyl (C=O) groups is 5. The molecule has 12 heteroatoms. The molecule has 0 radical (unpaired) electrons. The molecule has 1 aliphatic rings. The van der Waals surface area contributed by atoms with Gasteiger partial charge in [-0.15, -0.1) is 0 Å². The topological polar surface area (TPSA) is 205 Å². The van der Waals surface area contributed by atoms with E-state index in [1.807, 2.05) is 0 Å². The maximum Gasteiger partial charge on any atom is 0.369 e. The van der Waals surface area contributed by atoms with Gasteiger partial charge in [0, 0.05) is 6.42 Å². The van der Waals surface area contributed by atoms with E-state index in [1.54, 1.807) is 0 Å². The van der Waals surface area contributed by atoms with E-state index in [-0.39, 0.29) is 0 Å². The van der Waals surface area contributed by atoms with E-state index in [0.717, 1.165) is 6.92 Å². The van der Waals surface area contributed by atoms with Gasteiger partial charge in [-0.1, -0.05) is 6.92 Å². The quantitative estimate of drug-likeness (QED) is 0.205. The Kier molecular flexibility index (Phi) is 6.56. The van der Waals surface area contributed by atoms with Crippen LogP contribution < -0.4 is 0 Å². The van der Waals surface area contributed by atoms with Crippen molar-refractivity contribution in [2.75, 3.05) is 0 Å². The van der Waals surface area contributed by atoms with E-state index in [9.17, 15) is 49.5 Å². The fourth-order valence-corrected chi connectivity index (χ4v) is 3.34. The van der Waals surface area contributed by atoms with E-state index < -0.39 is 70.5 Å². The summed E-state index contributed by atoms with van der Waals surface area (Å²) in [6, 6.07) is 0. The van der Waals surface area contributed by atoms with E-state index in [4.69, 9.17) is 4.74 Å². The Morgan fingerprint density at radius 3 is 1.66 bits per heavy atom. The lowest BCUT2D eigenvalue weighted by atomic mass is 9.59. The molecule has 0 aromatic carbocycles. The van der Waals surface area contributed by atoms with Crippen LogP contribution in [0.25, 0.3) is 0 Å². The molecule has 164 valence electrons. The Hall–Kier alpha value is -2.09. The summed E-state index contributed by atoms with van der Waals surface area (Å²) in [6.07, 6.45) is -5.53. The van der Waals surface area contributed by atoms with Crippen LogP contribution in [0, 0.1) is 0 Å². The fourth-order valence-electron chi connectivity index (χ4n) is 3.34. The summed E-state index contributed by atoms with van der Waals surface area (Å²) in [5.74, 6) is -11.1. The minimum Gasteiger partial charge on any atom is -0.405 e. The number of Topliss-reactive ketones (excluding diaryl/α,β-unsaturated/α-hetero) is 4. The van der Waals surface area contributed by atoms with Crippen molar-refractivity contribution in [1.82, 2.24) is 0 Å². The van der Waals surface area contributed by atoms with E-state index >= 15 is 0 Å². The van der Waals surface area contributed by atoms with Gasteiger partial charge in [-0.2, -0.15) is 0 Å². The number of carbonyl (C=O) groups excluding carboxylic acids is 5. The fraction of sp³-hybridized carbons (Fsp3) is 0.706. The molecule has 1 saturated heterocycles. The van der Waals surface area contributed by atoms with Crippen LogP contribution in [0.4, 0.5) is 0 Å². The minimum atomic E-state index is -3.93. The predicted molar refractivity (Wildman–Crippen MR) is 89.8 cm³/mol. The number of ether oxygens (including phenoxy) is 2. The predicted octanol–water partition coefficient (Wildman–Crippen LogP) is -3.11. The molecular formula is C17H24O12. The van der Waals surface area contributed by atoms with Gasteiger partial charge in [0.2, 0.25) is 5.60 Å². The van der Waals surface area contributed by atoms with Crippen LogP contribution in [0.1, 0.15) is 41.0 Å². The first kappa shape index (κ1) is 24.9. The lowest BCUT2D eigenvalue weighted by molar-refractivity contribution is -0.477. The Labute approximate surface area is 165 Å². The average molecular weight is 420 g/mol. The van der Waals surface area contributed by atoms with Crippen molar-refractivity contribution in [2.24, 2.45) is 0 Å². The minimum absolute atomic E-state index is 0.449. The van der Waals surface area contributed by atoms with Crippen molar-refractivity contribution in [3.05, 3.63) is 0 Å². The molecule has 1 aliphatic heterocycles. The summed E-state index contributed by atoms with van der Waals surface area (Å²) >= 11 is 0. The Morgan fingerprint density at radius 1 is 0.897 bits per heavy atom. The van der Waals surface area contributed by atoms with E-state index in [2.05, 4.69) is 4.74 Å². The first-order valence-corrected chi connectivity index (χ1v) is 8.49. The van der Waals surface area contributed by atoms with Crippen LogP contribution >= 0.6 is 0 Å². The lowest BCUT2D eigenvalue weighted by Crippen LogP contribution is -2.90. The van der Waals surface area contributed by atoms with Gasteiger partial charge < -0.3 is 35.0 Å². The second-order valence-corrected chi connectivity index (χ2v) is 6.86. The molecule has 0 saturated carbocycles. The maximum absolute atomic E-state index is 12.4. The zero-order valence-electron chi connectivity index (χ0n) is 16.5. The lowest BCUT2D eigenvalue weighted by Gasteiger charge is -2.59. The Morgan fingerprint density at radius 2 is 1.34 bits per heavy atom. The molecule has 1 unspecified atom stereocenters. The zero-order valence-corrected chi connectivity index (χ0v) is 16.5. The number of aliphatic hydroxyl groups excluding tert-OH is 1. The summed E-state index contributed by atoms with van der Waals surface area (Å²) in [4.78, 5) is 60.4. The smallest absolute Gasteiger partial charge is 0.369 e. The van der Waals surface area contributed by atoms with Gasteiger partial charge in [-0.05, 0) is 27.7 Å². The summed E-state index contributed by atoms with van der Waals surface area (Å²) in [6.45, 7) is 3.73. The molecule has 1 fully saturated rings. The summed E-state index contributed by atoms with van der Waals surface area (Å²) in [7, 11) is 0. The van der Waals surface area contributed by atoms with Crippen molar-refractivity contribution in [2.45, 2.75) is 76.0 Å². The van der Waals surface area contributed by atoms with Gasteiger partial charge in [0.15, 0.2) is 28.7 Å². The molecular weight excluding hydrogens is 396 g/mol. The molecule has 29 heavy (non-hydrogen) atoms. The molecule has 6 atom stereocenters. The molecule has 0 bridgehead atoms. The van der Waals surface area contributed by atoms with Gasteiger partial charge in [-0.25, -0.2) is 0 Å². The van der Waals surface area contributed by atoms with Crippen LogP contribution in [0.5, 0.6) is 0 Å². The first-order valence-electron chi connectivity index (χ1n) is 8.49. The number of aliphatic hydroxyl groups is 5. The second-order valence-electron chi connectivity index (χ2n) is 6.86. The number of hydrogen-bond donors (Lipinski definition) is 5. The van der Waals surface area contributed by atoms with E-state index in [0.29, 0.717) is 20.8 Å². The Bertz CT molecular complexity index is 762. The van der Waals surface area contributed by atoms with Crippen molar-refractivity contribution in [3.8, 4) is 0 Å². The van der Waals surface area contributed by atoms with Gasteiger partial charge >= 0.3 is 11.9 Å². The third-order valence-corrected chi connectivity index (χ3v) is 5.03. The molecule has 12 nitrogen and oxygen atoms in total. The highest BCUT2D eigenvalue weighted by atomic mass is 16.9. The second kappa shape index (κ2) is 7.63. The van der Waals surface area contributed by atoms with Crippen LogP contribution in [0.15, 0.2) is 0 Å². The largest absolute Gasteiger partial charge is 0.405 e. The molecule has 0 aromatic heterocycles. The molecule has 1 heterocycles. The number of ketones is 4. The maximum atomic E-state index is 12.4. The molecule has 1 rings (SSSR count). The van der Waals surface area contributed by atoms with Crippen LogP contribution in [-0.2, 0) is 33.4 Å². The highest BCUT2D eigenvalue weighted by Crippen LogP contribution is 2.51. The van der Waals surface area contributed by atoms with Crippen LogP contribution in [0.3, 0.4) is 0 Å². The third-order valence-electron chi connectivity index (χ3n) is 5.03. The highest BCUT2D eigenvalue weighted by Gasteiger charge is 2.85. The van der Waals surface area contributed by atoms with Crippen LogP contribution in [0.2, 0.25) is 0 Å². The highest BCUT2D eigenvalue weighted by molar-refractivity contribution is 6.06. The van der Waals surface area contributed by atoms with Crippen LogP contribution in [-0.4, -0.2) is 89.6 Å². The number of esters is 1. The average Bonchev–Trinajstić information content (AvgIpc) is 2.61. The SMILES string of the molecule is CCC(=O)O[C@@]1(O)O[C@H](C(O)C(C)=O)[C@](O)(C(C)=O)[C@@](O)(C(C)=O)[C@]1(O)C(C)=O. The van der Waals surface area contributed by atoms with Gasteiger partial charge in [0.1, 0.15) is 12.2 Å². The standard InChI is InChI=1S/C17H24O12/c1-6-11(22)28-17(27)16(26,10(5)21)15(25,9(4)20)14(24,8(3)19)13(29-17)12(23)7(2)18/h12-13,23-27H,6H2,1-5H3/t12?,13-,14-,15+,16-,17-/m1/s1. The number of rotatable bonds is 7. The molecule has 5 N–H and O–H groups in total. The van der Waals surface area contributed by atoms with Gasteiger partial charge in [0.05, 0.1) is 0 Å². The summed E-state index contributed by atoms with van der Waals surface area (Å²) in [5, 5.41) is 54.0. The Balaban J connectivity index is 4.08. The monoisotopic (exact) mass is 420 g/mol. The van der Waals surface area contributed by atoms with Crippen molar-refractivity contribution in [3.63, 3.8) is 0 Å². The van der Waals surface area contributed by atoms with Gasteiger partial charge in [-0.3, -0.25) is 24.0 Å². The normalized spacial score (nSPS) is 38.1. The number of hydrogen-bond acceptors (Lipinski definition) is 12. The third kappa shape index (κ3) is 3.12. The molecule has 0 amide bonds. The summed E-state index contributed by atoms with van der Waals surface area (Å²) < 4.78 is 9.41. The molecule has 0 aromatic rings. The first-order chi connectivity index (χ1) is 13.0. The van der Waals surface area contributed by atoms with E-state index in [1.165, 1.54) is 6.92 Å². The zero-order chi connectivity index (χ0) is 23.2. The van der Waals surface area contributed by atoms with Crippen molar-refractivity contribution < 1.29 is 59.0 Å². The van der Waals surface area contributed by atoms with Gasteiger partial charge in [0.25, 0.3) is 5.60 Å². The van der Waals surface area contributed by atoms with Crippen molar-refractivity contribution in [1.29, 1.82) is 0 Å². The molecule has 0 spiro atoms. The molecule has 0 aliphatic carbocycles. The summed E-state index contributed by atoms with van der Waals surface area (Å²) in [5.41, 5.74) is -11.4. The van der Waals surface area contributed by atoms with Crippen molar-refractivity contribution >= 4 is 29.1 Å².